The summed E-state index contributed by atoms with van der Waals surface area (Å²) in [6.45, 7) is 0. The van der Waals surface area contributed by atoms with Gasteiger partial charge in [0, 0.05) is 21.9 Å². The highest BCUT2D eigenvalue weighted by molar-refractivity contribution is 5.94. The fourth-order valence-corrected chi connectivity index (χ4v) is 3.63. The molecule has 0 amide bonds. The third-order valence-corrected chi connectivity index (χ3v) is 4.76. The van der Waals surface area contributed by atoms with E-state index < -0.39 is 6.10 Å². The fourth-order valence-electron chi connectivity index (χ4n) is 3.63. The number of aromatic hydroxyl groups is 2. The van der Waals surface area contributed by atoms with Gasteiger partial charge in [0.05, 0.1) is 23.4 Å². The zero-order valence-electron chi connectivity index (χ0n) is 12.9. The number of nitriles is 1. The second kappa shape index (κ2) is 5.29. The minimum absolute atomic E-state index is 0.0453. The van der Waals surface area contributed by atoms with Gasteiger partial charge in [0.1, 0.15) is 0 Å². The molecule has 0 spiro atoms. The van der Waals surface area contributed by atoms with Crippen LogP contribution < -0.4 is 0 Å². The van der Waals surface area contributed by atoms with Crippen LogP contribution in [0, 0.1) is 11.3 Å². The molecule has 2 aromatic carbocycles. The van der Waals surface area contributed by atoms with E-state index in [1.54, 1.807) is 12.1 Å². The van der Waals surface area contributed by atoms with Crippen LogP contribution in [0.5, 0.6) is 11.8 Å². The van der Waals surface area contributed by atoms with Gasteiger partial charge in [-0.05, 0) is 31.4 Å². The lowest BCUT2D eigenvalue weighted by atomic mass is 9.92. The van der Waals surface area contributed by atoms with Crippen molar-refractivity contribution in [3.63, 3.8) is 0 Å². The number of rotatable bonds is 1. The Kier molecular flexibility index (Phi) is 3.22. The van der Waals surface area contributed by atoms with Crippen LogP contribution in [0.4, 0.5) is 0 Å². The quantitative estimate of drug-likeness (QED) is 0.642. The number of aliphatic hydroxyl groups excluding tert-OH is 1. The van der Waals surface area contributed by atoms with Crippen LogP contribution in [0.15, 0.2) is 36.4 Å². The number of hydrogen-bond donors (Lipinski definition) is 3. The maximum Gasteiger partial charge on any atom is 0.204 e. The Balaban J connectivity index is 2.06. The zero-order chi connectivity index (χ0) is 16.8. The lowest BCUT2D eigenvalue weighted by Gasteiger charge is -2.17. The van der Waals surface area contributed by atoms with Crippen LogP contribution in [0.1, 0.15) is 35.6 Å². The van der Waals surface area contributed by atoms with Crippen molar-refractivity contribution in [1.29, 1.82) is 5.26 Å². The van der Waals surface area contributed by atoms with E-state index in [0.717, 1.165) is 17.2 Å². The van der Waals surface area contributed by atoms with Crippen molar-refractivity contribution < 1.29 is 15.3 Å². The summed E-state index contributed by atoms with van der Waals surface area (Å²) >= 11 is 0. The molecule has 0 aliphatic heterocycles. The van der Waals surface area contributed by atoms with E-state index in [2.05, 4.69) is 6.07 Å². The van der Waals surface area contributed by atoms with Gasteiger partial charge >= 0.3 is 0 Å². The summed E-state index contributed by atoms with van der Waals surface area (Å²) in [6, 6.07) is 12.9. The molecule has 3 aromatic rings. The van der Waals surface area contributed by atoms with Gasteiger partial charge in [0.2, 0.25) is 11.8 Å². The molecule has 1 heterocycles. The van der Waals surface area contributed by atoms with Gasteiger partial charge in [-0.2, -0.15) is 5.26 Å². The second-order valence-corrected chi connectivity index (χ2v) is 6.07. The number of fused-ring (bicyclic) bond motifs is 2. The number of benzene rings is 2. The van der Waals surface area contributed by atoms with Crippen LogP contribution in [0.25, 0.3) is 16.5 Å². The van der Waals surface area contributed by atoms with Gasteiger partial charge in [0.25, 0.3) is 0 Å². The van der Waals surface area contributed by atoms with E-state index in [1.807, 2.05) is 24.3 Å². The summed E-state index contributed by atoms with van der Waals surface area (Å²) < 4.78 is 1.36. The van der Waals surface area contributed by atoms with E-state index in [-0.39, 0.29) is 11.8 Å². The van der Waals surface area contributed by atoms with Crippen LogP contribution in [0.3, 0.4) is 0 Å². The Morgan fingerprint density at radius 3 is 2.50 bits per heavy atom. The number of nitrogens with zero attached hydrogens (tertiary/aromatic N) is 2. The standard InChI is InChI=1S/C19H16N2O3/c20-10-11-8-9-15(13-5-2-1-4-12(11)13)21-18(23)14-6-3-7-16(22)17(14)19(21)24/h1-2,4-5,8-9,16,22-24H,3,6-7H2/t16-/m0/s1. The van der Waals surface area contributed by atoms with Crippen molar-refractivity contribution in [3.8, 4) is 23.5 Å². The number of aromatic nitrogens is 1. The molecule has 120 valence electrons. The highest BCUT2D eigenvalue weighted by Gasteiger charge is 2.31. The molecule has 3 N–H and O–H groups in total. The van der Waals surface area contributed by atoms with E-state index in [9.17, 15) is 20.6 Å². The highest BCUT2D eigenvalue weighted by atomic mass is 16.3. The average molecular weight is 320 g/mol. The first-order valence-electron chi connectivity index (χ1n) is 7.89. The van der Waals surface area contributed by atoms with Crippen molar-refractivity contribution in [1.82, 2.24) is 4.57 Å². The summed E-state index contributed by atoms with van der Waals surface area (Å²) in [5, 5.41) is 42.3. The third-order valence-electron chi connectivity index (χ3n) is 4.76. The molecule has 1 aliphatic carbocycles. The number of aliphatic hydroxyl groups is 1. The van der Waals surface area contributed by atoms with Crippen LogP contribution in [-0.4, -0.2) is 19.9 Å². The summed E-state index contributed by atoms with van der Waals surface area (Å²) in [5.41, 5.74) is 2.12. The predicted octanol–water partition coefficient (Wildman–Crippen LogP) is 3.28. The summed E-state index contributed by atoms with van der Waals surface area (Å²) in [5.74, 6) is -0.180. The van der Waals surface area contributed by atoms with Crippen molar-refractivity contribution in [2.24, 2.45) is 0 Å². The second-order valence-electron chi connectivity index (χ2n) is 6.07. The van der Waals surface area contributed by atoms with Crippen LogP contribution >= 0.6 is 0 Å². The monoisotopic (exact) mass is 320 g/mol. The van der Waals surface area contributed by atoms with E-state index in [1.165, 1.54) is 4.57 Å². The first kappa shape index (κ1) is 14.6. The van der Waals surface area contributed by atoms with Gasteiger partial charge in [-0.25, -0.2) is 0 Å². The van der Waals surface area contributed by atoms with E-state index in [4.69, 9.17) is 0 Å². The lowest BCUT2D eigenvalue weighted by molar-refractivity contribution is 0.152. The molecule has 0 unspecified atom stereocenters. The Bertz CT molecular complexity index is 998. The van der Waals surface area contributed by atoms with Crippen LogP contribution in [0.2, 0.25) is 0 Å². The van der Waals surface area contributed by atoms with Crippen molar-refractivity contribution in [3.05, 3.63) is 53.1 Å². The molecule has 1 aromatic heterocycles. The molecule has 0 saturated carbocycles. The molecule has 0 radical (unpaired) electrons. The topological polar surface area (TPSA) is 89.4 Å². The molecule has 4 rings (SSSR count). The van der Waals surface area contributed by atoms with E-state index >= 15 is 0 Å². The zero-order valence-corrected chi connectivity index (χ0v) is 12.9. The normalized spacial score (nSPS) is 16.8. The molecular formula is C19H16N2O3. The molecule has 1 atom stereocenters. The Morgan fingerprint density at radius 1 is 1.04 bits per heavy atom. The maximum absolute atomic E-state index is 10.6. The van der Waals surface area contributed by atoms with Crippen molar-refractivity contribution >= 4 is 10.8 Å². The van der Waals surface area contributed by atoms with Crippen molar-refractivity contribution in [2.45, 2.75) is 25.4 Å². The van der Waals surface area contributed by atoms with Gasteiger partial charge in [-0.1, -0.05) is 24.3 Å². The highest BCUT2D eigenvalue weighted by Crippen LogP contribution is 2.45. The summed E-state index contributed by atoms with van der Waals surface area (Å²) in [4.78, 5) is 0. The first-order chi connectivity index (χ1) is 11.6. The first-order valence-corrected chi connectivity index (χ1v) is 7.89. The Morgan fingerprint density at radius 2 is 1.79 bits per heavy atom. The number of hydrogen-bond acceptors (Lipinski definition) is 4. The van der Waals surface area contributed by atoms with E-state index in [0.29, 0.717) is 35.2 Å². The molecule has 0 saturated heterocycles. The minimum atomic E-state index is -0.773. The molecule has 5 heteroatoms. The largest absolute Gasteiger partial charge is 0.494 e. The minimum Gasteiger partial charge on any atom is -0.494 e. The van der Waals surface area contributed by atoms with Gasteiger partial charge in [-0.15, -0.1) is 0 Å². The molecule has 5 nitrogen and oxygen atoms in total. The van der Waals surface area contributed by atoms with Crippen molar-refractivity contribution in [2.75, 3.05) is 0 Å². The Labute approximate surface area is 138 Å². The molecule has 1 aliphatic rings. The summed E-state index contributed by atoms with van der Waals surface area (Å²) in [6.07, 6.45) is 1.18. The van der Waals surface area contributed by atoms with Crippen LogP contribution in [-0.2, 0) is 6.42 Å². The Hall–Kier alpha value is -2.97. The maximum atomic E-state index is 10.6. The fraction of sp³-hybridized carbons (Fsp3) is 0.211. The SMILES string of the molecule is N#Cc1ccc(-n2c(O)c3c(c2O)[C@@H](O)CCC3)c2ccccc12. The third kappa shape index (κ3) is 1.90. The molecule has 24 heavy (non-hydrogen) atoms. The predicted molar refractivity (Wildman–Crippen MR) is 89.2 cm³/mol. The van der Waals surface area contributed by atoms with Gasteiger partial charge in [0.15, 0.2) is 0 Å². The lowest BCUT2D eigenvalue weighted by Crippen LogP contribution is -2.06. The van der Waals surface area contributed by atoms with Gasteiger partial charge in [-0.3, -0.25) is 4.57 Å². The smallest absolute Gasteiger partial charge is 0.204 e. The van der Waals surface area contributed by atoms with Gasteiger partial charge < -0.3 is 15.3 Å². The summed E-state index contributed by atoms with van der Waals surface area (Å²) in [7, 11) is 0. The molecule has 0 bridgehead atoms. The molecular weight excluding hydrogens is 304 g/mol. The average Bonchev–Trinajstić information content (AvgIpc) is 2.86. The molecule has 0 fully saturated rings.